The van der Waals surface area contributed by atoms with Gasteiger partial charge in [0, 0.05) is 5.39 Å². The summed E-state index contributed by atoms with van der Waals surface area (Å²) in [4.78, 5) is 3.84. The second kappa shape index (κ2) is 2.55. The molecule has 2 rings (SSSR count). The van der Waals surface area contributed by atoms with Crippen LogP contribution in [0.15, 0.2) is 24.3 Å². The van der Waals surface area contributed by atoms with Crippen LogP contribution >= 0.6 is 0 Å². The predicted molar refractivity (Wildman–Crippen MR) is 45.3 cm³/mol. The first-order chi connectivity index (χ1) is 5.79. The lowest BCUT2D eigenvalue weighted by Gasteiger charge is -1.99. The van der Waals surface area contributed by atoms with Gasteiger partial charge in [0.05, 0.1) is 6.20 Å². The van der Waals surface area contributed by atoms with Gasteiger partial charge in [-0.05, 0) is 24.6 Å². The van der Waals surface area contributed by atoms with Crippen molar-refractivity contribution >= 4 is 10.9 Å². The number of nitrogens with zero attached hydrogens (tertiary/aromatic N) is 1. The first-order valence-electron chi connectivity index (χ1n) is 3.71. The number of hydrogen-bond donors (Lipinski definition) is 0. The monoisotopic (exact) mass is 160 g/mol. The molecule has 2 heteroatoms. The Kier molecular flexibility index (Phi) is 1.54. The molecule has 12 heavy (non-hydrogen) atoms. The summed E-state index contributed by atoms with van der Waals surface area (Å²) in [5.74, 6) is -0.285. The molecule has 0 aliphatic heterocycles. The minimum absolute atomic E-state index is 0.285. The normalized spacial score (nSPS) is 10.5. The molecule has 0 bridgehead atoms. The van der Waals surface area contributed by atoms with E-state index in [0.717, 1.165) is 10.9 Å². The van der Waals surface area contributed by atoms with Gasteiger partial charge in [0.25, 0.3) is 0 Å². The van der Waals surface area contributed by atoms with E-state index in [1.807, 2.05) is 13.0 Å². The summed E-state index contributed by atoms with van der Waals surface area (Å²) in [6, 6.07) is 6.70. The van der Waals surface area contributed by atoms with Crippen molar-refractivity contribution in [3.63, 3.8) is 0 Å². The van der Waals surface area contributed by atoms with Crippen molar-refractivity contribution in [2.75, 3.05) is 0 Å². The van der Waals surface area contributed by atoms with E-state index < -0.39 is 0 Å². The third kappa shape index (κ3) is 0.961. The van der Waals surface area contributed by atoms with E-state index >= 15 is 0 Å². The van der Waals surface area contributed by atoms with Crippen LogP contribution in [0, 0.1) is 18.9 Å². The van der Waals surface area contributed by atoms with E-state index in [0.29, 0.717) is 5.52 Å². The molecule has 0 atom stereocenters. The number of benzene rings is 1. The highest BCUT2D eigenvalue weighted by molar-refractivity contribution is 5.81. The molecule has 1 heterocycles. The van der Waals surface area contributed by atoms with Crippen LogP contribution in [0.1, 0.15) is 5.56 Å². The van der Waals surface area contributed by atoms with E-state index in [-0.39, 0.29) is 5.82 Å². The molecule has 1 radical (unpaired) electrons. The number of fused-ring (bicyclic) bond motifs is 1. The van der Waals surface area contributed by atoms with E-state index in [9.17, 15) is 4.39 Å². The SMILES string of the molecule is Cc1c[c]nc2c(F)cccc12. The van der Waals surface area contributed by atoms with Crippen LogP contribution in [0.2, 0.25) is 0 Å². The second-order valence-corrected chi connectivity index (χ2v) is 2.70. The molecular weight excluding hydrogens is 153 g/mol. The van der Waals surface area contributed by atoms with E-state index in [4.69, 9.17) is 0 Å². The fourth-order valence-electron chi connectivity index (χ4n) is 1.22. The number of hydrogen-bond acceptors (Lipinski definition) is 1. The minimum atomic E-state index is -0.285. The second-order valence-electron chi connectivity index (χ2n) is 2.70. The average Bonchev–Trinajstić information content (AvgIpc) is 2.07. The molecule has 0 unspecified atom stereocenters. The Morgan fingerprint density at radius 3 is 3.00 bits per heavy atom. The van der Waals surface area contributed by atoms with Crippen molar-refractivity contribution in [2.45, 2.75) is 6.92 Å². The molecule has 0 fully saturated rings. The smallest absolute Gasteiger partial charge is 0.149 e. The van der Waals surface area contributed by atoms with Gasteiger partial charge in [0.2, 0.25) is 0 Å². The Morgan fingerprint density at radius 1 is 1.42 bits per heavy atom. The first-order valence-corrected chi connectivity index (χ1v) is 3.71. The van der Waals surface area contributed by atoms with Crippen molar-refractivity contribution in [1.82, 2.24) is 4.98 Å². The Labute approximate surface area is 69.9 Å². The van der Waals surface area contributed by atoms with Gasteiger partial charge in [-0.15, -0.1) is 0 Å². The largest absolute Gasteiger partial charge is 0.243 e. The van der Waals surface area contributed by atoms with Crippen LogP contribution < -0.4 is 0 Å². The van der Waals surface area contributed by atoms with Gasteiger partial charge in [0.15, 0.2) is 0 Å². The summed E-state index contributed by atoms with van der Waals surface area (Å²) >= 11 is 0. The third-order valence-electron chi connectivity index (χ3n) is 1.87. The fourth-order valence-corrected chi connectivity index (χ4v) is 1.22. The molecule has 0 spiro atoms. The Bertz CT molecular complexity index is 382. The molecule has 0 aliphatic rings. The molecule has 1 nitrogen and oxygen atoms in total. The number of rotatable bonds is 0. The summed E-state index contributed by atoms with van der Waals surface area (Å²) in [7, 11) is 0. The molecule has 0 saturated carbocycles. The van der Waals surface area contributed by atoms with Crippen molar-refractivity contribution in [2.24, 2.45) is 0 Å². The molecule has 0 amide bonds. The van der Waals surface area contributed by atoms with E-state index in [2.05, 4.69) is 11.2 Å². The summed E-state index contributed by atoms with van der Waals surface area (Å²) in [5.41, 5.74) is 1.40. The van der Waals surface area contributed by atoms with Gasteiger partial charge in [0.1, 0.15) is 11.3 Å². The van der Waals surface area contributed by atoms with Crippen LogP contribution in [0.3, 0.4) is 0 Å². The van der Waals surface area contributed by atoms with Crippen molar-refractivity contribution in [1.29, 1.82) is 0 Å². The number of pyridine rings is 1. The van der Waals surface area contributed by atoms with E-state index in [1.54, 1.807) is 12.1 Å². The van der Waals surface area contributed by atoms with Gasteiger partial charge in [-0.2, -0.15) is 0 Å². The van der Waals surface area contributed by atoms with Crippen LogP contribution in [0.4, 0.5) is 4.39 Å². The summed E-state index contributed by atoms with van der Waals surface area (Å²) < 4.78 is 13.1. The van der Waals surface area contributed by atoms with Crippen LogP contribution in [-0.2, 0) is 0 Å². The van der Waals surface area contributed by atoms with Gasteiger partial charge < -0.3 is 0 Å². The predicted octanol–water partition coefficient (Wildman–Crippen LogP) is 2.48. The summed E-state index contributed by atoms with van der Waals surface area (Å²) in [6.45, 7) is 1.92. The molecule has 1 aromatic heterocycles. The highest BCUT2D eigenvalue weighted by Crippen LogP contribution is 2.17. The maximum Gasteiger partial charge on any atom is 0.149 e. The van der Waals surface area contributed by atoms with Crippen LogP contribution in [0.5, 0.6) is 0 Å². The van der Waals surface area contributed by atoms with Crippen LogP contribution in [-0.4, -0.2) is 4.98 Å². The van der Waals surface area contributed by atoms with Crippen molar-refractivity contribution in [3.8, 4) is 0 Å². The maximum atomic E-state index is 13.1. The standard InChI is InChI=1S/C10H7FN/c1-7-5-6-12-10-8(7)3-2-4-9(10)11/h2-5H,1H3. The lowest BCUT2D eigenvalue weighted by molar-refractivity contribution is 0.636. The topological polar surface area (TPSA) is 12.9 Å². The van der Waals surface area contributed by atoms with Crippen molar-refractivity contribution in [3.05, 3.63) is 41.8 Å². The maximum absolute atomic E-state index is 13.1. The number of aromatic nitrogens is 1. The van der Waals surface area contributed by atoms with Crippen molar-refractivity contribution < 1.29 is 4.39 Å². The molecular formula is C10H7FN. The lowest BCUT2D eigenvalue weighted by Crippen LogP contribution is -1.85. The minimum Gasteiger partial charge on any atom is -0.243 e. The van der Waals surface area contributed by atoms with Gasteiger partial charge in [-0.3, -0.25) is 0 Å². The Morgan fingerprint density at radius 2 is 2.25 bits per heavy atom. The zero-order chi connectivity index (χ0) is 8.55. The lowest BCUT2D eigenvalue weighted by atomic mass is 10.1. The van der Waals surface area contributed by atoms with Gasteiger partial charge in [-0.25, -0.2) is 9.37 Å². The van der Waals surface area contributed by atoms with Gasteiger partial charge >= 0.3 is 0 Å². The third-order valence-corrected chi connectivity index (χ3v) is 1.87. The first kappa shape index (κ1) is 7.22. The quantitative estimate of drug-likeness (QED) is 0.577. The molecule has 2 aromatic rings. The van der Waals surface area contributed by atoms with Gasteiger partial charge in [-0.1, -0.05) is 12.1 Å². The molecule has 0 saturated heterocycles. The van der Waals surface area contributed by atoms with Crippen LogP contribution in [0.25, 0.3) is 10.9 Å². The highest BCUT2D eigenvalue weighted by Gasteiger charge is 2.01. The Hall–Kier alpha value is -1.44. The number of halogens is 1. The zero-order valence-electron chi connectivity index (χ0n) is 6.63. The molecule has 0 N–H and O–H groups in total. The number of aryl methyl sites for hydroxylation is 1. The van der Waals surface area contributed by atoms with E-state index in [1.165, 1.54) is 6.07 Å². The number of para-hydroxylation sites is 1. The fraction of sp³-hybridized carbons (Fsp3) is 0.100. The summed E-state index contributed by atoms with van der Waals surface area (Å²) in [6.07, 6.45) is 2.65. The zero-order valence-corrected chi connectivity index (χ0v) is 6.63. The summed E-state index contributed by atoms with van der Waals surface area (Å²) in [5, 5.41) is 0.855. The molecule has 59 valence electrons. The molecule has 0 aliphatic carbocycles. The molecule has 1 aromatic carbocycles. The Balaban J connectivity index is 2.94. The highest BCUT2D eigenvalue weighted by atomic mass is 19.1. The average molecular weight is 160 g/mol.